The zero-order chi connectivity index (χ0) is 25.5. The van der Waals surface area contributed by atoms with E-state index in [9.17, 15) is 0 Å². The van der Waals surface area contributed by atoms with Gasteiger partial charge in [0.1, 0.15) is 11.8 Å². The van der Waals surface area contributed by atoms with Gasteiger partial charge in [-0.1, -0.05) is 83.4 Å². The molecule has 2 fully saturated rings. The van der Waals surface area contributed by atoms with Crippen LogP contribution in [0, 0.1) is 0 Å². The maximum absolute atomic E-state index is 4.49. The lowest BCUT2D eigenvalue weighted by atomic mass is 9.68. The van der Waals surface area contributed by atoms with Crippen LogP contribution in [-0.4, -0.2) is 58.5 Å². The molecule has 0 bridgehead atoms. The Bertz CT molecular complexity index is 853. The molecule has 205 valence electrons. The number of aromatic nitrogens is 3. The highest BCUT2D eigenvalue weighted by molar-refractivity contribution is 6.34. The van der Waals surface area contributed by atoms with Crippen molar-refractivity contribution in [3.8, 4) is 0 Å². The van der Waals surface area contributed by atoms with Crippen molar-refractivity contribution in [2.45, 2.75) is 134 Å². The number of rotatable bonds is 12. The van der Waals surface area contributed by atoms with Crippen molar-refractivity contribution in [2.24, 2.45) is 0 Å². The van der Waals surface area contributed by atoms with Crippen molar-refractivity contribution in [1.29, 1.82) is 0 Å². The van der Waals surface area contributed by atoms with Gasteiger partial charge in [-0.15, -0.1) is 0 Å². The number of hydrogen-bond acceptors (Lipinski definition) is 5. The quantitative estimate of drug-likeness (QED) is 0.243. The molecule has 0 aliphatic heterocycles. The molecule has 2 aliphatic rings. The molecule has 2 aliphatic carbocycles. The van der Waals surface area contributed by atoms with Gasteiger partial charge in [-0.2, -0.15) is 5.10 Å². The van der Waals surface area contributed by atoms with Crippen LogP contribution in [0.3, 0.4) is 0 Å². The van der Waals surface area contributed by atoms with E-state index in [0.29, 0.717) is 12.1 Å². The summed E-state index contributed by atoms with van der Waals surface area (Å²) in [4.78, 5) is 7.18. The van der Waals surface area contributed by atoms with Crippen molar-refractivity contribution in [1.82, 2.24) is 24.7 Å². The summed E-state index contributed by atoms with van der Waals surface area (Å²) in [6.45, 7) is 5.91. The standard InChI is InChI=1S/C30H52BN6/c1-2-3-22-36(31-26-14-10-8-6-4-5-7-9-11-15-26)23-13-21-32-27-17-19-28(20-18-27)35-30-29-16-12-24-37(29)34-25-33-30/h12,16,24-28,32H,2-11,13-15,17-23H2,1H3,(H,33,34,35). The van der Waals surface area contributed by atoms with Crippen molar-refractivity contribution < 1.29 is 0 Å². The fourth-order valence-corrected chi connectivity index (χ4v) is 6.29. The Morgan fingerprint density at radius 2 is 1.57 bits per heavy atom. The lowest BCUT2D eigenvalue weighted by molar-refractivity contribution is 0.341. The zero-order valence-electron chi connectivity index (χ0n) is 23.5. The van der Waals surface area contributed by atoms with Crippen LogP contribution in [-0.2, 0) is 0 Å². The molecule has 2 aromatic rings. The molecule has 4 rings (SSSR count). The topological polar surface area (TPSA) is 57.5 Å². The van der Waals surface area contributed by atoms with Gasteiger partial charge in [0.05, 0.1) is 0 Å². The summed E-state index contributed by atoms with van der Waals surface area (Å²) >= 11 is 0. The molecule has 7 heteroatoms. The van der Waals surface area contributed by atoms with E-state index in [0.717, 1.165) is 23.7 Å². The molecule has 6 nitrogen and oxygen atoms in total. The molecule has 0 saturated heterocycles. The zero-order valence-corrected chi connectivity index (χ0v) is 23.5. The molecule has 1 radical (unpaired) electrons. The number of fused-ring (bicyclic) bond motifs is 1. The lowest BCUT2D eigenvalue weighted by Gasteiger charge is -2.31. The maximum Gasteiger partial charge on any atom is 0.211 e. The van der Waals surface area contributed by atoms with Crippen molar-refractivity contribution >= 4 is 18.7 Å². The second-order valence-corrected chi connectivity index (χ2v) is 11.7. The van der Waals surface area contributed by atoms with E-state index in [1.807, 2.05) is 16.8 Å². The van der Waals surface area contributed by atoms with Gasteiger partial charge in [-0.05, 0) is 70.3 Å². The molecular formula is C30H52BN6. The van der Waals surface area contributed by atoms with Crippen LogP contribution < -0.4 is 10.6 Å². The van der Waals surface area contributed by atoms with E-state index >= 15 is 0 Å². The first-order valence-electron chi connectivity index (χ1n) is 15.7. The van der Waals surface area contributed by atoms with Gasteiger partial charge in [-0.25, -0.2) is 9.50 Å². The van der Waals surface area contributed by atoms with Crippen LogP contribution in [0.2, 0.25) is 5.82 Å². The van der Waals surface area contributed by atoms with E-state index in [-0.39, 0.29) is 0 Å². The molecule has 2 heterocycles. The average molecular weight is 508 g/mol. The number of nitrogens with one attached hydrogen (secondary N) is 2. The van der Waals surface area contributed by atoms with E-state index < -0.39 is 0 Å². The summed E-state index contributed by atoms with van der Waals surface area (Å²) in [7, 11) is 2.67. The normalized spacial score (nSPS) is 22.6. The van der Waals surface area contributed by atoms with Gasteiger partial charge >= 0.3 is 0 Å². The number of unbranched alkanes of at least 4 members (excludes halogenated alkanes) is 1. The van der Waals surface area contributed by atoms with Crippen LogP contribution in [0.5, 0.6) is 0 Å². The van der Waals surface area contributed by atoms with E-state index in [1.54, 1.807) is 6.33 Å². The fraction of sp³-hybridized carbons (Fsp3) is 0.800. The third kappa shape index (κ3) is 9.90. The van der Waals surface area contributed by atoms with E-state index in [1.165, 1.54) is 122 Å². The molecule has 0 amide bonds. The minimum absolute atomic E-state index is 0.507. The van der Waals surface area contributed by atoms with Gasteiger partial charge in [0.2, 0.25) is 7.41 Å². The van der Waals surface area contributed by atoms with Crippen LogP contribution in [0.4, 0.5) is 5.82 Å². The summed E-state index contributed by atoms with van der Waals surface area (Å²) in [6, 6.07) is 5.27. The Hall–Kier alpha value is -1.60. The molecular weight excluding hydrogens is 455 g/mol. The second-order valence-electron chi connectivity index (χ2n) is 11.7. The van der Waals surface area contributed by atoms with Crippen molar-refractivity contribution in [3.05, 3.63) is 24.7 Å². The highest BCUT2D eigenvalue weighted by Gasteiger charge is 2.22. The Morgan fingerprint density at radius 3 is 2.30 bits per heavy atom. The Balaban J connectivity index is 1.14. The SMILES string of the molecule is CCCCN([B]C1CCCCCCCCCC1)CCCNC1CCC(Nc2ncnn3cccc23)CC1. The highest BCUT2D eigenvalue weighted by Crippen LogP contribution is 2.26. The summed E-state index contributed by atoms with van der Waals surface area (Å²) < 4.78 is 1.89. The van der Waals surface area contributed by atoms with Crippen LogP contribution in [0.25, 0.3) is 5.52 Å². The maximum atomic E-state index is 4.49. The number of hydrogen-bond donors (Lipinski definition) is 2. The molecule has 0 aromatic carbocycles. The van der Waals surface area contributed by atoms with Crippen LogP contribution in [0.15, 0.2) is 24.7 Å². The summed E-state index contributed by atoms with van der Waals surface area (Å²) in [5.74, 6) is 1.76. The van der Waals surface area contributed by atoms with Gasteiger partial charge < -0.3 is 15.4 Å². The third-order valence-electron chi connectivity index (χ3n) is 8.58. The number of anilines is 1. The second kappa shape index (κ2) is 16.4. The molecule has 2 N–H and O–H groups in total. The molecule has 0 unspecified atom stereocenters. The first kappa shape index (κ1) is 28.4. The minimum atomic E-state index is 0.507. The van der Waals surface area contributed by atoms with Gasteiger partial charge in [0.25, 0.3) is 0 Å². The molecule has 0 spiro atoms. The first-order valence-corrected chi connectivity index (χ1v) is 15.7. The van der Waals surface area contributed by atoms with Gasteiger partial charge in [0, 0.05) is 18.3 Å². The smallest absolute Gasteiger partial charge is 0.211 e. The first-order chi connectivity index (χ1) is 18.3. The molecule has 2 saturated carbocycles. The number of nitrogens with zero attached hydrogens (tertiary/aromatic N) is 4. The van der Waals surface area contributed by atoms with Crippen molar-refractivity contribution in [3.63, 3.8) is 0 Å². The summed E-state index contributed by atoms with van der Waals surface area (Å²) in [5, 5.41) is 11.8. The van der Waals surface area contributed by atoms with Gasteiger partial charge in [0.15, 0.2) is 5.82 Å². The molecule has 37 heavy (non-hydrogen) atoms. The van der Waals surface area contributed by atoms with Crippen LogP contribution in [0.1, 0.15) is 116 Å². The van der Waals surface area contributed by atoms with Crippen molar-refractivity contribution in [2.75, 3.05) is 25.0 Å². The van der Waals surface area contributed by atoms with Crippen LogP contribution >= 0.6 is 0 Å². The lowest BCUT2D eigenvalue weighted by Crippen LogP contribution is -2.39. The summed E-state index contributed by atoms with van der Waals surface area (Å²) in [6.07, 6.45) is 26.7. The highest BCUT2D eigenvalue weighted by atomic mass is 15.2. The Morgan fingerprint density at radius 1 is 0.892 bits per heavy atom. The molecule has 2 aromatic heterocycles. The molecule has 0 atom stereocenters. The Labute approximate surface area is 227 Å². The summed E-state index contributed by atoms with van der Waals surface area (Å²) in [5.41, 5.74) is 1.06. The predicted molar refractivity (Wildman–Crippen MR) is 157 cm³/mol. The monoisotopic (exact) mass is 507 g/mol. The van der Waals surface area contributed by atoms with Gasteiger partial charge in [-0.3, -0.25) is 0 Å². The Kier molecular flexibility index (Phi) is 12.6. The van der Waals surface area contributed by atoms with E-state index in [4.69, 9.17) is 0 Å². The average Bonchev–Trinajstić information content (AvgIpc) is 3.39. The largest absolute Gasteiger partial charge is 0.365 e. The predicted octanol–water partition coefficient (Wildman–Crippen LogP) is 6.86. The fourth-order valence-electron chi connectivity index (χ4n) is 6.29. The van der Waals surface area contributed by atoms with E-state index in [2.05, 4.69) is 45.9 Å². The minimum Gasteiger partial charge on any atom is -0.365 e. The third-order valence-corrected chi connectivity index (χ3v) is 8.58.